The molecule has 0 radical (unpaired) electrons. The highest BCUT2D eigenvalue weighted by molar-refractivity contribution is 5.98. The molecule has 1 aromatic carbocycles. The summed E-state index contributed by atoms with van der Waals surface area (Å²) < 4.78 is 9.64. The van der Waals surface area contributed by atoms with Crippen molar-refractivity contribution in [3.8, 4) is 0 Å². The number of aliphatic hydroxyl groups excluding tert-OH is 1. The zero-order valence-corrected chi connectivity index (χ0v) is 10.7. The number of rotatable bonds is 7. The lowest BCUT2D eigenvalue weighted by atomic mass is 10.1. The number of carbonyl (C=O) groups excluding carboxylic acids is 3. The van der Waals surface area contributed by atoms with E-state index in [0.29, 0.717) is 6.29 Å². The summed E-state index contributed by atoms with van der Waals surface area (Å²) in [5.41, 5.74) is 0.258. The van der Waals surface area contributed by atoms with Crippen molar-refractivity contribution in [3.63, 3.8) is 0 Å². The Morgan fingerprint density at radius 1 is 1.35 bits per heavy atom. The van der Waals surface area contributed by atoms with E-state index in [1.54, 1.807) is 12.1 Å². The van der Waals surface area contributed by atoms with Crippen LogP contribution in [0.3, 0.4) is 0 Å². The second kappa shape index (κ2) is 7.85. The van der Waals surface area contributed by atoms with Gasteiger partial charge in [-0.2, -0.15) is 0 Å². The average Bonchev–Trinajstić information content (AvgIpc) is 2.50. The van der Waals surface area contributed by atoms with E-state index in [1.165, 1.54) is 12.1 Å². The summed E-state index contributed by atoms with van der Waals surface area (Å²) in [7, 11) is 0. The summed E-state index contributed by atoms with van der Waals surface area (Å²) in [6, 6.07) is 6.08. The lowest BCUT2D eigenvalue weighted by Gasteiger charge is -2.15. The fourth-order valence-corrected chi connectivity index (χ4v) is 1.36. The van der Waals surface area contributed by atoms with Crippen molar-refractivity contribution in [2.45, 2.75) is 6.10 Å². The van der Waals surface area contributed by atoms with Gasteiger partial charge >= 0.3 is 11.9 Å². The van der Waals surface area contributed by atoms with Crippen LogP contribution in [-0.4, -0.2) is 42.6 Å². The molecule has 0 aromatic heterocycles. The Morgan fingerprint density at radius 3 is 2.65 bits per heavy atom. The molecule has 0 spiro atoms. The summed E-state index contributed by atoms with van der Waals surface area (Å²) in [6.45, 7) is 2.40. The predicted molar refractivity (Wildman–Crippen MR) is 69.3 cm³/mol. The molecule has 0 saturated carbocycles. The van der Waals surface area contributed by atoms with Crippen LogP contribution in [0.5, 0.6) is 0 Å². The van der Waals surface area contributed by atoms with Gasteiger partial charge in [0.25, 0.3) is 0 Å². The first kappa shape index (κ1) is 15.6. The number of ether oxygens (including phenoxy) is 2. The van der Waals surface area contributed by atoms with Crippen molar-refractivity contribution in [1.82, 2.24) is 0 Å². The molecule has 20 heavy (non-hydrogen) atoms. The Morgan fingerprint density at radius 2 is 2.05 bits per heavy atom. The standard InChI is InChI=1S/C14H14O6/c1-2-13(17)19-9-11(8-16)20-14(18)12-6-4-3-5-10(12)7-15/h2-7,11,16H,1,8-9H2. The second-order valence-electron chi connectivity index (χ2n) is 3.75. The Balaban J connectivity index is 2.69. The molecule has 1 rings (SSSR count). The normalized spacial score (nSPS) is 11.2. The summed E-state index contributed by atoms with van der Waals surface area (Å²) in [4.78, 5) is 33.5. The summed E-state index contributed by atoms with van der Waals surface area (Å²) in [5, 5.41) is 9.07. The van der Waals surface area contributed by atoms with E-state index in [2.05, 4.69) is 11.3 Å². The van der Waals surface area contributed by atoms with Crippen LogP contribution in [0.25, 0.3) is 0 Å². The maximum absolute atomic E-state index is 11.9. The van der Waals surface area contributed by atoms with Crippen molar-refractivity contribution < 1.29 is 29.0 Å². The number of aldehydes is 1. The zero-order chi connectivity index (χ0) is 15.0. The van der Waals surface area contributed by atoms with Gasteiger partial charge in [-0.25, -0.2) is 9.59 Å². The van der Waals surface area contributed by atoms with Gasteiger partial charge in [-0.1, -0.05) is 24.8 Å². The first-order valence-electron chi connectivity index (χ1n) is 5.77. The highest BCUT2D eigenvalue weighted by Crippen LogP contribution is 2.09. The smallest absolute Gasteiger partial charge is 0.339 e. The number of carbonyl (C=O) groups is 3. The van der Waals surface area contributed by atoms with Gasteiger partial charge in [0.2, 0.25) is 0 Å². The third kappa shape index (κ3) is 4.33. The SMILES string of the molecule is C=CC(=O)OCC(CO)OC(=O)c1ccccc1C=O. The predicted octanol–water partition coefficient (Wildman–Crippen LogP) is 0.746. The minimum atomic E-state index is -1.01. The fourth-order valence-electron chi connectivity index (χ4n) is 1.36. The number of hydrogen-bond acceptors (Lipinski definition) is 6. The van der Waals surface area contributed by atoms with E-state index in [4.69, 9.17) is 9.84 Å². The molecule has 0 fully saturated rings. The van der Waals surface area contributed by atoms with Gasteiger partial charge in [0, 0.05) is 11.6 Å². The molecule has 0 aliphatic heterocycles. The van der Waals surface area contributed by atoms with Crippen LogP contribution in [0.1, 0.15) is 20.7 Å². The van der Waals surface area contributed by atoms with E-state index >= 15 is 0 Å². The largest absolute Gasteiger partial charge is 0.458 e. The summed E-state index contributed by atoms with van der Waals surface area (Å²) in [6.07, 6.45) is 0.478. The second-order valence-corrected chi connectivity index (χ2v) is 3.75. The number of aliphatic hydroxyl groups is 1. The molecule has 6 nitrogen and oxygen atoms in total. The van der Waals surface area contributed by atoms with Crippen LogP contribution in [0.2, 0.25) is 0 Å². The molecule has 0 saturated heterocycles. The van der Waals surface area contributed by atoms with Crippen molar-refractivity contribution in [1.29, 1.82) is 0 Å². The Hall–Kier alpha value is -2.47. The zero-order valence-electron chi connectivity index (χ0n) is 10.7. The van der Waals surface area contributed by atoms with Gasteiger partial charge < -0.3 is 14.6 Å². The highest BCUT2D eigenvalue weighted by atomic mass is 16.6. The van der Waals surface area contributed by atoms with Crippen LogP contribution in [0.15, 0.2) is 36.9 Å². The van der Waals surface area contributed by atoms with Gasteiger partial charge in [-0.05, 0) is 6.07 Å². The topological polar surface area (TPSA) is 89.9 Å². The number of benzene rings is 1. The Kier molecular flexibility index (Phi) is 6.12. The van der Waals surface area contributed by atoms with Crippen molar-refractivity contribution >= 4 is 18.2 Å². The highest BCUT2D eigenvalue weighted by Gasteiger charge is 2.18. The van der Waals surface area contributed by atoms with E-state index < -0.39 is 24.6 Å². The maximum Gasteiger partial charge on any atom is 0.339 e. The quantitative estimate of drug-likeness (QED) is 0.449. The van der Waals surface area contributed by atoms with Crippen molar-refractivity contribution in [2.75, 3.05) is 13.2 Å². The molecular formula is C14H14O6. The molecule has 106 valence electrons. The minimum absolute atomic E-state index is 0.0796. The van der Waals surface area contributed by atoms with Gasteiger partial charge in [0.15, 0.2) is 12.4 Å². The molecule has 1 N–H and O–H groups in total. The van der Waals surface area contributed by atoms with Crippen LogP contribution in [0, 0.1) is 0 Å². The van der Waals surface area contributed by atoms with E-state index in [1.807, 2.05) is 0 Å². The van der Waals surface area contributed by atoms with Gasteiger partial charge in [-0.3, -0.25) is 4.79 Å². The molecule has 0 amide bonds. The molecule has 0 aliphatic rings. The van der Waals surface area contributed by atoms with Crippen LogP contribution < -0.4 is 0 Å². The molecule has 1 aromatic rings. The Bertz CT molecular complexity index is 508. The fraction of sp³-hybridized carbons (Fsp3) is 0.214. The third-order valence-corrected chi connectivity index (χ3v) is 2.36. The maximum atomic E-state index is 11.9. The first-order valence-corrected chi connectivity index (χ1v) is 5.77. The monoisotopic (exact) mass is 278 g/mol. The van der Waals surface area contributed by atoms with Gasteiger partial charge in [-0.15, -0.1) is 0 Å². The molecule has 1 unspecified atom stereocenters. The lowest BCUT2D eigenvalue weighted by Crippen LogP contribution is -2.28. The lowest BCUT2D eigenvalue weighted by molar-refractivity contribution is -0.141. The van der Waals surface area contributed by atoms with Gasteiger partial charge in [0.1, 0.15) is 6.61 Å². The van der Waals surface area contributed by atoms with E-state index in [9.17, 15) is 14.4 Å². The van der Waals surface area contributed by atoms with Crippen molar-refractivity contribution in [3.05, 3.63) is 48.0 Å². The average molecular weight is 278 g/mol. The summed E-state index contributed by atoms with van der Waals surface area (Å²) in [5.74, 6) is -1.46. The van der Waals surface area contributed by atoms with Crippen LogP contribution in [-0.2, 0) is 14.3 Å². The number of esters is 2. The van der Waals surface area contributed by atoms with E-state index in [0.717, 1.165) is 6.08 Å². The van der Waals surface area contributed by atoms with Crippen LogP contribution in [0.4, 0.5) is 0 Å². The van der Waals surface area contributed by atoms with Gasteiger partial charge in [0.05, 0.1) is 12.2 Å². The van der Waals surface area contributed by atoms with Crippen molar-refractivity contribution in [2.24, 2.45) is 0 Å². The third-order valence-electron chi connectivity index (χ3n) is 2.36. The first-order chi connectivity index (χ1) is 9.62. The summed E-state index contributed by atoms with van der Waals surface area (Å²) >= 11 is 0. The minimum Gasteiger partial charge on any atom is -0.458 e. The van der Waals surface area contributed by atoms with Crippen LogP contribution >= 0.6 is 0 Å². The molecule has 0 bridgehead atoms. The molecule has 6 heteroatoms. The Labute approximate surface area is 115 Å². The molecular weight excluding hydrogens is 264 g/mol. The molecule has 0 heterocycles. The number of hydrogen-bond donors (Lipinski definition) is 1. The molecule has 0 aliphatic carbocycles. The van der Waals surface area contributed by atoms with E-state index in [-0.39, 0.29) is 17.7 Å². The molecule has 1 atom stereocenters.